The lowest BCUT2D eigenvalue weighted by molar-refractivity contribution is -0.139. The van der Waals surface area contributed by atoms with E-state index in [-0.39, 0.29) is 29.5 Å². The Labute approximate surface area is 219 Å². The smallest absolute Gasteiger partial charge is 0.326 e. The molecule has 1 saturated carbocycles. The SMILES string of the molecule is Cc1nn2c(C3CCCCC3)c(-c3ccc(F)cc3)cnc2c1C(=O)NC(Cc1ccc(O)cc1)C(=O)O. The molecule has 1 fully saturated rings. The van der Waals surface area contributed by atoms with Gasteiger partial charge in [-0.1, -0.05) is 43.5 Å². The number of nitrogens with one attached hydrogen (secondary N) is 1. The number of hydrogen-bond acceptors (Lipinski definition) is 5. The van der Waals surface area contributed by atoms with Gasteiger partial charge >= 0.3 is 5.97 Å². The van der Waals surface area contributed by atoms with Crippen molar-refractivity contribution in [3.8, 4) is 16.9 Å². The summed E-state index contributed by atoms with van der Waals surface area (Å²) in [5.41, 5.74) is 4.29. The van der Waals surface area contributed by atoms with E-state index in [2.05, 4.69) is 10.3 Å². The van der Waals surface area contributed by atoms with Crippen molar-refractivity contribution >= 4 is 17.5 Å². The third-order valence-corrected chi connectivity index (χ3v) is 7.21. The first-order valence-corrected chi connectivity index (χ1v) is 12.8. The van der Waals surface area contributed by atoms with Crippen molar-refractivity contribution in [3.05, 3.63) is 83.1 Å². The number of aliphatic carboxylic acids is 1. The first-order valence-electron chi connectivity index (χ1n) is 12.8. The van der Waals surface area contributed by atoms with E-state index in [1.165, 1.54) is 30.7 Å². The topological polar surface area (TPSA) is 117 Å². The highest BCUT2D eigenvalue weighted by atomic mass is 19.1. The van der Waals surface area contributed by atoms with Gasteiger partial charge in [0.05, 0.1) is 11.4 Å². The summed E-state index contributed by atoms with van der Waals surface area (Å²) >= 11 is 0. The molecule has 1 amide bonds. The van der Waals surface area contributed by atoms with Crippen LogP contribution in [0.3, 0.4) is 0 Å². The maximum atomic E-state index is 13.6. The second kappa shape index (κ2) is 10.6. The van der Waals surface area contributed by atoms with Crippen LogP contribution in [0.5, 0.6) is 5.75 Å². The highest BCUT2D eigenvalue weighted by Crippen LogP contribution is 2.38. The van der Waals surface area contributed by atoms with E-state index >= 15 is 0 Å². The van der Waals surface area contributed by atoms with Crippen LogP contribution in [0, 0.1) is 12.7 Å². The predicted octanol–water partition coefficient (Wildman–Crippen LogP) is 5.02. The van der Waals surface area contributed by atoms with E-state index < -0.39 is 17.9 Å². The number of carboxylic acid groups (broad SMARTS) is 1. The quantitative estimate of drug-likeness (QED) is 0.318. The van der Waals surface area contributed by atoms with Gasteiger partial charge in [0.2, 0.25) is 0 Å². The monoisotopic (exact) mass is 516 g/mol. The number of carbonyl (C=O) groups excluding carboxylic acids is 1. The maximum absolute atomic E-state index is 13.6. The number of fused-ring (bicyclic) bond motifs is 1. The molecule has 4 aromatic rings. The standard InChI is InChI=1S/C29H29FN4O4/c1-17-25(28(36)32-24(29(37)38)15-18-7-13-22(35)14-8-18)27-31-16-23(19-9-11-21(30)12-10-19)26(34(27)33-17)20-5-3-2-4-6-20/h7-14,16,20,24,35H,2-6,15H2,1H3,(H,32,36)(H,37,38). The molecular weight excluding hydrogens is 487 g/mol. The number of rotatable bonds is 7. The van der Waals surface area contributed by atoms with Crippen molar-refractivity contribution in [2.24, 2.45) is 0 Å². The fourth-order valence-electron chi connectivity index (χ4n) is 5.29. The molecular formula is C29H29FN4O4. The largest absolute Gasteiger partial charge is 0.508 e. The Morgan fingerprint density at radius 1 is 1.08 bits per heavy atom. The fraction of sp³-hybridized carbons (Fsp3) is 0.310. The van der Waals surface area contributed by atoms with Crippen LogP contribution < -0.4 is 5.32 Å². The van der Waals surface area contributed by atoms with Gasteiger partial charge in [-0.25, -0.2) is 18.7 Å². The predicted molar refractivity (Wildman–Crippen MR) is 140 cm³/mol. The molecule has 0 saturated heterocycles. The van der Waals surface area contributed by atoms with E-state index in [1.54, 1.807) is 41.9 Å². The maximum Gasteiger partial charge on any atom is 0.326 e. The number of benzene rings is 2. The Morgan fingerprint density at radius 2 is 1.76 bits per heavy atom. The molecule has 0 spiro atoms. The molecule has 38 heavy (non-hydrogen) atoms. The summed E-state index contributed by atoms with van der Waals surface area (Å²) in [6.07, 6.45) is 7.04. The molecule has 0 bridgehead atoms. The van der Waals surface area contributed by atoms with E-state index in [1.807, 2.05) is 0 Å². The van der Waals surface area contributed by atoms with Gasteiger partial charge in [-0.3, -0.25) is 4.79 Å². The fourth-order valence-corrected chi connectivity index (χ4v) is 5.29. The number of hydrogen-bond donors (Lipinski definition) is 3. The molecule has 8 nitrogen and oxygen atoms in total. The lowest BCUT2D eigenvalue weighted by Gasteiger charge is -2.25. The second-order valence-corrected chi connectivity index (χ2v) is 9.83. The van der Waals surface area contributed by atoms with E-state index in [0.717, 1.165) is 42.5 Å². The van der Waals surface area contributed by atoms with Gasteiger partial charge in [0.25, 0.3) is 5.91 Å². The van der Waals surface area contributed by atoms with Gasteiger partial charge in [-0.15, -0.1) is 0 Å². The summed E-state index contributed by atoms with van der Waals surface area (Å²) < 4.78 is 15.4. The first kappa shape index (κ1) is 25.4. The minimum Gasteiger partial charge on any atom is -0.508 e. The summed E-state index contributed by atoms with van der Waals surface area (Å²) in [6, 6.07) is 11.3. The number of carboxylic acids is 1. The Bertz CT molecular complexity index is 1480. The zero-order valence-electron chi connectivity index (χ0n) is 21.0. The zero-order valence-corrected chi connectivity index (χ0v) is 21.0. The van der Waals surface area contributed by atoms with Crippen molar-refractivity contribution in [2.75, 3.05) is 0 Å². The number of amides is 1. The van der Waals surface area contributed by atoms with Crippen molar-refractivity contribution < 1.29 is 24.2 Å². The summed E-state index contributed by atoms with van der Waals surface area (Å²) in [5, 5.41) is 26.6. The van der Waals surface area contributed by atoms with Gasteiger partial charge < -0.3 is 15.5 Å². The summed E-state index contributed by atoms with van der Waals surface area (Å²) in [5.74, 6) is -1.79. The second-order valence-electron chi connectivity index (χ2n) is 9.83. The molecule has 3 N–H and O–H groups in total. The van der Waals surface area contributed by atoms with Crippen LogP contribution in [-0.4, -0.2) is 42.7 Å². The van der Waals surface area contributed by atoms with Crippen molar-refractivity contribution in [1.29, 1.82) is 0 Å². The number of aryl methyl sites for hydroxylation is 1. The molecule has 2 heterocycles. The van der Waals surface area contributed by atoms with Crippen LogP contribution in [0.1, 0.15) is 65.3 Å². The normalized spacial score (nSPS) is 14.9. The third kappa shape index (κ3) is 5.09. The average molecular weight is 517 g/mol. The summed E-state index contributed by atoms with van der Waals surface area (Å²) in [4.78, 5) is 30.0. The van der Waals surface area contributed by atoms with Crippen LogP contribution in [0.2, 0.25) is 0 Å². The van der Waals surface area contributed by atoms with Crippen LogP contribution >= 0.6 is 0 Å². The number of aromatic nitrogens is 3. The number of nitrogens with zero attached hydrogens (tertiary/aromatic N) is 3. The summed E-state index contributed by atoms with van der Waals surface area (Å²) in [6.45, 7) is 1.71. The minimum atomic E-state index is -1.18. The average Bonchev–Trinajstić information content (AvgIpc) is 3.25. The van der Waals surface area contributed by atoms with Gasteiger partial charge in [0, 0.05) is 24.1 Å². The van der Waals surface area contributed by atoms with Crippen LogP contribution in [-0.2, 0) is 11.2 Å². The molecule has 5 rings (SSSR count). The molecule has 0 radical (unpaired) electrons. The van der Waals surface area contributed by atoms with Crippen LogP contribution in [0.15, 0.2) is 54.7 Å². The number of halogens is 1. The van der Waals surface area contributed by atoms with E-state index in [4.69, 9.17) is 5.10 Å². The first-order chi connectivity index (χ1) is 18.3. The Morgan fingerprint density at radius 3 is 2.42 bits per heavy atom. The molecule has 196 valence electrons. The molecule has 9 heteroatoms. The Kier molecular flexibility index (Phi) is 7.09. The van der Waals surface area contributed by atoms with Crippen molar-refractivity contribution in [1.82, 2.24) is 19.9 Å². The van der Waals surface area contributed by atoms with Crippen LogP contribution in [0.25, 0.3) is 16.8 Å². The number of phenolic OH excluding ortho intramolecular Hbond substituents is 1. The summed E-state index contributed by atoms with van der Waals surface area (Å²) in [7, 11) is 0. The number of aromatic hydroxyl groups is 1. The zero-order chi connectivity index (χ0) is 26.8. The highest BCUT2D eigenvalue weighted by Gasteiger charge is 2.29. The highest BCUT2D eigenvalue weighted by molar-refractivity contribution is 6.02. The molecule has 2 aromatic heterocycles. The van der Waals surface area contributed by atoms with Crippen molar-refractivity contribution in [2.45, 2.75) is 57.4 Å². The molecule has 0 aliphatic heterocycles. The Hall–Kier alpha value is -4.27. The van der Waals surface area contributed by atoms with Gasteiger partial charge in [-0.2, -0.15) is 5.10 Å². The van der Waals surface area contributed by atoms with E-state index in [9.17, 15) is 24.2 Å². The lowest BCUT2D eigenvalue weighted by Crippen LogP contribution is -2.42. The molecule has 1 aliphatic carbocycles. The van der Waals surface area contributed by atoms with Gasteiger partial charge in [0.1, 0.15) is 23.2 Å². The van der Waals surface area contributed by atoms with Gasteiger partial charge in [-0.05, 0) is 55.2 Å². The Balaban J connectivity index is 1.54. The third-order valence-electron chi connectivity index (χ3n) is 7.21. The molecule has 2 aromatic carbocycles. The lowest BCUT2D eigenvalue weighted by atomic mass is 9.84. The van der Waals surface area contributed by atoms with Crippen LogP contribution in [0.4, 0.5) is 4.39 Å². The number of phenols is 1. The van der Waals surface area contributed by atoms with Crippen molar-refractivity contribution in [3.63, 3.8) is 0 Å². The molecule has 1 unspecified atom stereocenters. The molecule has 1 atom stereocenters. The molecule has 1 aliphatic rings. The minimum absolute atomic E-state index is 0.0507. The van der Waals surface area contributed by atoms with Gasteiger partial charge in [0.15, 0.2) is 5.65 Å². The van der Waals surface area contributed by atoms with E-state index in [0.29, 0.717) is 16.9 Å². The number of carbonyl (C=O) groups is 2.